The molecule has 2 fully saturated rings. The number of hydrogen-bond donors (Lipinski definition) is 2. The highest BCUT2D eigenvalue weighted by atomic mass is 19.1. The molecule has 1 aromatic carbocycles. The third-order valence-electron chi connectivity index (χ3n) is 6.61. The van der Waals surface area contributed by atoms with Crippen molar-refractivity contribution in [2.45, 2.75) is 44.2 Å². The van der Waals surface area contributed by atoms with Gasteiger partial charge in [-0.05, 0) is 56.5 Å². The molecule has 0 spiro atoms. The van der Waals surface area contributed by atoms with Crippen LogP contribution >= 0.6 is 0 Å². The minimum Gasteiger partial charge on any atom is -0.466 e. The Morgan fingerprint density at radius 2 is 1.77 bits per heavy atom. The van der Waals surface area contributed by atoms with Crippen LogP contribution in [0.5, 0.6) is 0 Å². The summed E-state index contributed by atoms with van der Waals surface area (Å²) in [6.45, 7) is 4.71. The van der Waals surface area contributed by atoms with Crippen molar-refractivity contribution in [1.82, 2.24) is 20.4 Å². The van der Waals surface area contributed by atoms with E-state index in [0.29, 0.717) is 29.4 Å². The van der Waals surface area contributed by atoms with Crippen LogP contribution in [0.15, 0.2) is 35.5 Å². The second-order valence-corrected chi connectivity index (χ2v) is 8.57. The van der Waals surface area contributed by atoms with E-state index < -0.39 is 12.0 Å². The second kappa shape index (κ2) is 9.78. The molecule has 3 aliphatic rings. The largest absolute Gasteiger partial charge is 0.466 e. The molecule has 0 aromatic heterocycles. The predicted octanol–water partition coefficient (Wildman–Crippen LogP) is 2.56. The fourth-order valence-electron chi connectivity index (χ4n) is 4.95. The first-order valence-corrected chi connectivity index (χ1v) is 11.2. The van der Waals surface area contributed by atoms with Crippen molar-refractivity contribution in [2.75, 3.05) is 39.8 Å². The molecule has 0 unspecified atom stereocenters. The molecule has 8 heteroatoms. The lowest BCUT2D eigenvalue weighted by Gasteiger charge is -2.41. The number of carbonyl (C=O) groups is 2. The number of hydrogen-bond acceptors (Lipinski definition) is 5. The number of methoxy groups -OCH3 is 1. The monoisotopic (exact) mass is 430 g/mol. The van der Waals surface area contributed by atoms with E-state index in [4.69, 9.17) is 4.74 Å². The number of nitrogens with one attached hydrogen (secondary N) is 2. The number of rotatable bonds is 5. The molecule has 31 heavy (non-hydrogen) atoms. The van der Waals surface area contributed by atoms with E-state index in [1.165, 1.54) is 51.6 Å². The normalized spacial score (nSPS) is 23.9. The van der Waals surface area contributed by atoms with Gasteiger partial charge in [-0.1, -0.05) is 18.6 Å². The van der Waals surface area contributed by atoms with Crippen LogP contribution in [0.25, 0.3) is 0 Å². The number of amides is 2. The van der Waals surface area contributed by atoms with Gasteiger partial charge in [0.25, 0.3) is 0 Å². The van der Waals surface area contributed by atoms with Gasteiger partial charge in [-0.15, -0.1) is 0 Å². The number of halogens is 1. The van der Waals surface area contributed by atoms with Crippen LogP contribution < -0.4 is 10.6 Å². The van der Waals surface area contributed by atoms with Crippen LogP contribution in [0, 0.1) is 5.82 Å². The Kier molecular flexibility index (Phi) is 6.87. The van der Waals surface area contributed by atoms with Crippen molar-refractivity contribution < 1.29 is 18.7 Å². The van der Waals surface area contributed by atoms with Gasteiger partial charge in [0.15, 0.2) is 0 Å². The van der Waals surface area contributed by atoms with Crippen LogP contribution in [0.2, 0.25) is 0 Å². The minimum atomic E-state index is -0.678. The fourth-order valence-corrected chi connectivity index (χ4v) is 4.95. The molecular weight excluding hydrogens is 399 g/mol. The standard InChI is InChI=1S/C23H31FN4O3/c1-31-22(29)20-19(25-23(30)26-21(20)16-5-7-17(24)8-6-16)15-27-13-9-18(10-14-27)28-11-3-2-4-12-28/h5-8,18,21H,2-4,9-15H2,1H3,(H2,25,26,30)/t21-/m1/s1. The smallest absolute Gasteiger partial charge is 0.338 e. The lowest BCUT2D eigenvalue weighted by molar-refractivity contribution is -0.136. The fraction of sp³-hybridized carbons (Fsp3) is 0.565. The molecular formula is C23H31FN4O3. The quantitative estimate of drug-likeness (QED) is 0.703. The number of esters is 1. The van der Waals surface area contributed by atoms with E-state index >= 15 is 0 Å². The van der Waals surface area contributed by atoms with Crippen molar-refractivity contribution >= 4 is 12.0 Å². The van der Waals surface area contributed by atoms with Gasteiger partial charge in [0.05, 0.1) is 18.7 Å². The Bertz CT molecular complexity index is 828. The van der Waals surface area contributed by atoms with Crippen molar-refractivity contribution in [2.24, 2.45) is 0 Å². The maximum absolute atomic E-state index is 13.4. The van der Waals surface area contributed by atoms with Crippen molar-refractivity contribution in [3.05, 3.63) is 46.9 Å². The Balaban J connectivity index is 1.50. The summed E-state index contributed by atoms with van der Waals surface area (Å²) in [5, 5.41) is 5.60. The van der Waals surface area contributed by atoms with Gasteiger partial charge in [-0.25, -0.2) is 14.0 Å². The van der Waals surface area contributed by atoms with Crippen molar-refractivity contribution in [1.29, 1.82) is 0 Å². The molecule has 1 aromatic rings. The molecule has 0 aliphatic carbocycles. The SMILES string of the molecule is COC(=O)C1=C(CN2CCC(N3CCCCC3)CC2)NC(=O)N[C@@H]1c1ccc(F)cc1. The minimum absolute atomic E-state index is 0.367. The highest BCUT2D eigenvalue weighted by Crippen LogP contribution is 2.29. The molecule has 0 bridgehead atoms. The highest BCUT2D eigenvalue weighted by Gasteiger charge is 2.35. The summed E-state index contributed by atoms with van der Waals surface area (Å²) in [6.07, 6.45) is 6.10. The third kappa shape index (κ3) is 5.07. The van der Waals surface area contributed by atoms with E-state index in [9.17, 15) is 14.0 Å². The van der Waals surface area contributed by atoms with Gasteiger partial charge >= 0.3 is 12.0 Å². The Morgan fingerprint density at radius 1 is 1.10 bits per heavy atom. The summed E-state index contributed by atoms with van der Waals surface area (Å²) in [7, 11) is 1.33. The Labute approximate surface area is 182 Å². The number of ether oxygens (including phenoxy) is 1. The predicted molar refractivity (Wildman–Crippen MR) is 115 cm³/mol. The molecule has 2 saturated heterocycles. The van der Waals surface area contributed by atoms with E-state index in [-0.39, 0.29) is 11.8 Å². The number of urea groups is 1. The maximum atomic E-state index is 13.4. The Morgan fingerprint density at radius 3 is 2.42 bits per heavy atom. The molecule has 0 saturated carbocycles. The maximum Gasteiger partial charge on any atom is 0.338 e. The summed E-state index contributed by atoms with van der Waals surface area (Å²) in [5.74, 6) is -0.871. The molecule has 7 nitrogen and oxygen atoms in total. The molecule has 1 atom stereocenters. The van der Waals surface area contributed by atoms with Gasteiger partial charge in [0, 0.05) is 31.4 Å². The summed E-state index contributed by atoms with van der Waals surface area (Å²) in [6, 6.07) is 5.38. The zero-order chi connectivity index (χ0) is 21.8. The van der Waals surface area contributed by atoms with Crippen LogP contribution in [-0.2, 0) is 9.53 Å². The molecule has 4 rings (SSSR count). The van der Waals surface area contributed by atoms with Crippen LogP contribution in [0.1, 0.15) is 43.7 Å². The first-order valence-electron chi connectivity index (χ1n) is 11.2. The molecule has 3 heterocycles. The van der Waals surface area contributed by atoms with Crippen molar-refractivity contribution in [3.8, 4) is 0 Å². The molecule has 168 valence electrons. The lowest BCUT2D eigenvalue weighted by Crippen LogP contribution is -2.51. The average molecular weight is 431 g/mol. The lowest BCUT2D eigenvalue weighted by atomic mass is 9.94. The zero-order valence-electron chi connectivity index (χ0n) is 18.0. The van der Waals surface area contributed by atoms with Gasteiger partial charge in [0.2, 0.25) is 0 Å². The van der Waals surface area contributed by atoms with E-state index in [2.05, 4.69) is 20.4 Å². The molecule has 3 aliphatic heterocycles. The highest BCUT2D eigenvalue weighted by molar-refractivity contribution is 5.95. The number of piperidine rings is 2. The van der Waals surface area contributed by atoms with E-state index in [1.807, 2.05) is 0 Å². The van der Waals surface area contributed by atoms with E-state index in [1.54, 1.807) is 12.1 Å². The van der Waals surface area contributed by atoms with Gasteiger partial charge in [-0.3, -0.25) is 4.90 Å². The Hall–Kier alpha value is -2.45. The second-order valence-electron chi connectivity index (χ2n) is 8.57. The number of benzene rings is 1. The molecule has 0 radical (unpaired) electrons. The number of likely N-dealkylation sites (tertiary alicyclic amines) is 2. The van der Waals surface area contributed by atoms with Gasteiger partial charge in [-0.2, -0.15) is 0 Å². The first-order chi connectivity index (χ1) is 15.0. The van der Waals surface area contributed by atoms with Crippen LogP contribution in [-0.4, -0.2) is 67.7 Å². The summed E-state index contributed by atoms with van der Waals surface area (Å²) >= 11 is 0. The topological polar surface area (TPSA) is 73.9 Å². The first kappa shape index (κ1) is 21.8. The number of carbonyl (C=O) groups excluding carboxylic acids is 2. The van der Waals surface area contributed by atoms with Gasteiger partial charge in [0.1, 0.15) is 5.82 Å². The third-order valence-corrected chi connectivity index (χ3v) is 6.61. The summed E-state index contributed by atoms with van der Waals surface area (Å²) in [4.78, 5) is 29.9. The number of nitrogens with zero attached hydrogens (tertiary/aromatic N) is 2. The van der Waals surface area contributed by atoms with Crippen molar-refractivity contribution in [3.63, 3.8) is 0 Å². The van der Waals surface area contributed by atoms with E-state index in [0.717, 1.165) is 25.9 Å². The molecule has 2 N–H and O–H groups in total. The van der Waals surface area contributed by atoms with Crippen LogP contribution in [0.3, 0.4) is 0 Å². The van der Waals surface area contributed by atoms with Gasteiger partial charge < -0.3 is 20.3 Å². The summed E-state index contributed by atoms with van der Waals surface area (Å²) < 4.78 is 18.4. The van der Waals surface area contributed by atoms with Crippen LogP contribution in [0.4, 0.5) is 9.18 Å². The zero-order valence-corrected chi connectivity index (χ0v) is 18.0. The molecule has 2 amide bonds. The summed E-state index contributed by atoms with van der Waals surface area (Å²) in [5.41, 5.74) is 1.56. The average Bonchev–Trinajstić information content (AvgIpc) is 2.80.